The maximum absolute atomic E-state index is 12.9. The predicted molar refractivity (Wildman–Crippen MR) is 61.7 cm³/mol. The largest absolute Gasteiger partial charge is 0.573 e. The molecule has 104 valence electrons. The van der Waals surface area contributed by atoms with E-state index in [0.29, 0.717) is 17.4 Å². The van der Waals surface area contributed by atoms with Crippen molar-refractivity contribution >= 4 is 6.29 Å². The van der Waals surface area contributed by atoms with E-state index in [1.807, 2.05) is 0 Å². The third kappa shape index (κ3) is 3.31. The van der Waals surface area contributed by atoms with Crippen LogP contribution in [0.4, 0.5) is 17.6 Å². The van der Waals surface area contributed by atoms with Crippen LogP contribution in [0.3, 0.4) is 0 Å². The van der Waals surface area contributed by atoms with Gasteiger partial charge in [0.1, 0.15) is 11.4 Å². The Kier molecular flexibility index (Phi) is 3.69. The number of alkyl halides is 3. The Balaban J connectivity index is 2.33. The molecule has 2 aromatic rings. The van der Waals surface area contributed by atoms with Gasteiger partial charge in [-0.05, 0) is 29.8 Å². The summed E-state index contributed by atoms with van der Waals surface area (Å²) in [4.78, 5) is 14.2. The van der Waals surface area contributed by atoms with Gasteiger partial charge in [0.2, 0.25) is 5.95 Å². The minimum Gasteiger partial charge on any atom is -0.406 e. The van der Waals surface area contributed by atoms with Crippen LogP contribution in [0, 0.1) is 5.95 Å². The van der Waals surface area contributed by atoms with Gasteiger partial charge in [-0.15, -0.1) is 13.2 Å². The maximum Gasteiger partial charge on any atom is 0.573 e. The van der Waals surface area contributed by atoms with Crippen molar-refractivity contribution in [2.24, 2.45) is 0 Å². The third-order valence-electron chi connectivity index (χ3n) is 2.40. The molecule has 20 heavy (non-hydrogen) atoms. The van der Waals surface area contributed by atoms with E-state index in [1.165, 1.54) is 18.2 Å². The van der Waals surface area contributed by atoms with Gasteiger partial charge in [0.15, 0.2) is 6.29 Å². The highest BCUT2D eigenvalue weighted by molar-refractivity contribution is 5.85. The van der Waals surface area contributed by atoms with Gasteiger partial charge in [0.05, 0.1) is 0 Å². The number of carbonyl (C=O) groups is 1. The molecule has 0 radical (unpaired) electrons. The van der Waals surface area contributed by atoms with Crippen LogP contribution in [0.25, 0.3) is 11.1 Å². The molecule has 0 amide bonds. The van der Waals surface area contributed by atoms with Crippen LogP contribution in [0.1, 0.15) is 10.5 Å². The van der Waals surface area contributed by atoms with E-state index in [4.69, 9.17) is 0 Å². The second-order valence-corrected chi connectivity index (χ2v) is 3.76. The van der Waals surface area contributed by atoms with Gasteiger partial charge in [0, 0.05) is 5.56 Å². The molecule has 0 bridgehead atoms. The van der Waals surface area contributed by atoms with Gasteiger partial charge in [-0.2, -0.15) is 4.39 Å². The van der Waals surface area contributed by atoms with Gasteiger partial charge in [-0.25, -0.2) is 4.98 Å². The van der Waals surface area contributed by atoms with Crippen LogP contribution in [0.5, 0.6) is 5.75 Å². The number of aromatic nitrogens is 1. The minimum absolute atomic E-state index is 0.130. The highest BCUT2D eigenvalue weighted by atomic mass is 19.4. The van der Waals surface area contributed by atoms with Crippen LogP contribution in [-0.4, -0.2) is 17.6 Å². The molecule has 0 aliphatic heterocycles. The standard InChI is InChI=1S/C13H7F4NO2/c14-12-6-5-10(11(7-19)18-12)8-1-3-9(4-2-8)20-13(15,16)17/h1-7H. The number of hydrogen-bond acceptors (Lipinski definition) is 3. The molecule has 0 unspecified atom stereocenters. The van der Waals surface area contributed by atoms with Crippen molar-refractivity contribution in [2.45, 2.75) is 6.36 Å². The average molecular weight is 285 g/mol. The SMILES string of the molecule is O=Cc1nc(F)ccc1-c1ccc(OC(F)(F)F)cc1. The Bertz CT molecular complexity index is 623. The van der Waals surface area contributed by atoms with Crippen LogP contribution in [0.2, 0.25) is 0 Å². The first kappa shape index (κ1) is 14.0. The van der Waals surface area contributed by atoms with Crippen molar-refractivity contribution in [1.82, 2.24) is 4.98 Å². The lowest BCUT2D eigenvalue weighted by Crippen LogP contribution is -2.16. The lowest BCUT2D eigenvalue weighted by Gasteiger charge is -2.09. The quantitative estimate of drug-likeness (QED) is 0.491. The van der Waals surface area contributed by atoms with Crippen molar-refractivity contribution in [1.29, 1.82) is 0 Å². The van der Waals surface area contributed by atoms with Crippen molar-refractivity contribution in [3.8, 4) is 16.9 Å². The fourth-order valence-corrected chi connectivity index (χ4v) is 1.62. The van der Waals surface area contributed by atoms with Gasteiger partial charge < -0.3 is 4.74 Å². The second-order valence-electron chi connectivity index (χ2n) is 3.76. The molecule has 0 aliphatic carbocycles. The summed E-state index contributed by atoms with van der Waals surface area (Å²) in [5, 5.41) is 0. The van der Waals surface area contributed by atoms with Gasteiger partial charge >= 0.3 is 6.36 Å². The molecule has 0 saturated carbocycles. The molecule has 0 aliphatic rings. The summed E-state index contributed by atoms with van der Waals surface area (Å²) >= 11 is 0. The first-order valence-corrected chi connectivity index (χ1v) is 5.37. The second kappa shape index (κ2) is 5.28. The highest BCUT2D eigenvalue weighted by Crippen LogP contribution is 2.27. The number of halogens is 4. The lowest BCUT2D eigenvalue weighted by atomic mass is 10.0. The molecule has 0 atom stereocenters. The first-order chi connectivity index (χ1) is 9.39. The predicted octanol–water partition coefficient (Wildman–Crippen LogP) is 3.60. The average Bonchev–Trinajstić information content (AvgIpc) is 2.38. The molecule has 0 saturated heterocycles. The highest BCUT2D eigenvalue weighted by Gasteiger charge is 2.30. The molecule has 0 N–H and O–H groups in total. The van der Waals surface area contributed by atoms with E-state index in [-0.39, 0.29) is 11.4 Å². The summed E-state index contributed by atoms with van der Waals surface area (Å²) in [5.41, 5.74) is 0.614. The van der Waals surface area contributed by atoms with Crippen molar-refractivity contribution < 1.29 is 27.1 Å². The van der Waals surface area contributed by atoms with Crippen LogP contribution >= 0.6 is 0 Å². The Morgan fingerprint density at radius 2 is 1.70 bits per heavy atom. The fraction of sp³-hybridized carbons (Fsp3) is 0.0769. The summed E-state index contributed by atoms with van der Waals surface area (Å²) in [6.45, 7) is 0. The van der Waals surface area contributed by atoms with Gasteiger partial charge in [-0.1, -0.05) is 12.1 Å². The molecular weight excluding hydrogens is 278 g/mol. The Labute approximate surface area is 110 Å². The minimum atomic E-state index is -4.77. The van der Waals surface area contributed by atoms with E-state index >= 15 is 0 Å². The maximum atomic E-state index is 12.9. The molecular formula is C13H7F4NO2. The van der Waals surface area contributed by atoms with Crippen molar-refractivity contribution in [2.75, 3.05) is 0 Å². The van der Waals surface area contributed by atoms with E-state index in [1.54, 1.807) is 0 Å². The molecule has 7 heteroatoms. The number of carbonyl (C=O) groups excluding carboxylic acids is 1. The lowest BCUT2D eigenvalue weighted by molar-refractivity contribution is -0.274. The Morgan fingerprint density at radius 1 is 1.05 bits per heavy atom. The van der Waals surface area contributed by atoms with Gasteiger partial charge in [0.25, 0.3) is 0 Å². The van der Waals surface area contributed by atoms with E-state index < -0.39 is 12.3 Å². The van der Waals surface area contributed by atoms with Crippen LogP contribution in [-0.2, 0) is 0 Å². The Hall–Kier alpha value is -2.44. The zero-order valence-corrected chi connectivity index (χ0v) is 9.82. The monoisotopic (exact) mass is 285 g/mol. The zero-order chi connectivity index (χ0) is 14.8. The number of ether oxygens (including phenoxy) is 1. The molecule has 1 heterocycles. The molecule has 3 nitrogen and oxygen atoms in total. The van der Waals surface area contributed by atoms with E-state index in [0.717, 1.165) is 18.2 Å². The molecule has 1 aromatic carbocycles. The van der Waals surface area contributed by atoms with Crippen LogP contribution in [0.15, 0.2) is 36.4 Å². The summed E-state index contributed by atoms with van der Waals surface area (Å²) in [6.07, 6.45) is -4.40. The van der Waals surface area contributed by atoms with Crippen molar-refractivity contribution in [3.05, 3.63) is 48.0 Å². The molecule has 2 rings (SSSR count). The summed E-state index contributed by atoms with van der Waals surface area (Å²) in [6, 6.07) is 7.22. The summed E-state index contributed by atoms with van der Waals surface area (Å²) in [7, 11) is 0. The van der Waals surface area contributed by atoms with Gasteiger partial charge in [-0.3, -0.25) is 4.79 Å². The van der Waals surface area contributed by atoms with Crippen molar-refractivity contribution in [3.63, 3.8) is 0 Å². The number of benzene rings is 1. The summed E-state index contributed by atoms with van der Waals surface area (Å²) < 4.78 is 52.6. The van der Waals surface area contributed by atoms with E-state index in [9.17, 15) is 22.4 Å². The number of aldehydes is 1. The number of hydrogen-bond donors (Lipinski definition) is 0. The fourth-order valence-electron chi connectivity index (χ4n) is 1.62. The third-order valence-corrected chi connectivity index (χ3v) is 2.40. The normalized spacial score (nSPS) is 11.2. The molecule has 0 spiro atoms. The number of nitrogens with zero attached hydrogens (tertiary/aromatic N) is 1. The first-order valence-electron chi connectivity index (χ1n) is 5.37. The Morgan fingerprint density at radius 3 is 2.25 bits per heavy atom. The molecule has 0 fully saturated rings. The number of rotatable bonds is 3. The van der Waals surface area contributed by atoms with E-state index in [2.05, 4.69) is 9.72 Å². The topological polar surface area (TPSA) is 39.2 Å². The number of pyridine rings is 1. The zero-order valence-electron chi connectivity index (χ0n) is 9.82. The smallest absolute Gasteiger partial charge is 0.406 e. The summed E-state index contributed by atoms with van der Waals surface area (Å²) in [5.74, 6) is -1.20. The van der Waals surface area contributed by atoms with Crippen LogP contribution < -0.4 is 4.74 Å². The molecule has 1 aromatic heterocycles.